The van der Waals surface area contributed by atoms with Gasteiger partial charge in [-0.25, -0.2) is 4.98 Å². The van der Waals surface area contributed by atoms with E-state index in [0.717, 1.165) is 31.2 Å². The number of fused-ring (bicyclic) bond motifs is 1. The Labute approximate surface area is 158 Å². The first kappa shape index (κ1) is 18.3. The topological polar surface area (TPSA) is 70.1 Å². The number of aromatic nitrogens is 2. The van der Waals surface area contributed by atoms with Crippen LogP contribution in [0.5, 0.6) is 5.75 Å². The van der Waals surface area contributed by atoms with Crippen LogP contribution in [0.1, 0.15) is 42.1 Å². The number of benzene rings is 2. The molecule has 0 bridgehead atoms. The van der Waals surface area contributed by atoms with E-state index >= 15 is 0 Å². The lowest BCUT2D eigenvalue weighted by molar-refractivity contribution is -0.274. The molecule has 0 radical (unpaired) electrons. The Morgan fingerprint density at radius 3 is 2.39 bits per heavy atom. The molecule has 1 aliphatic carbocycles. The van der Waals surface area contributed by atoms with E-state index in [4.69, 9.17) is 5.73 Å². The zero-order valence-corrected chi connectivity index (χ0v) is 14.9. The predicted octanol–water partition coefficient (Wildman–Crippen LogP) is 4.82. The lowest BCUT2D eigenvalue weighted by atomic mass is 10.1. The maximum atomic E-state index is 12.4. The van der Waals surface area contributed by atoms with Gasteiger partial charge in [0, 0.05) is 17.2 Å². The molecule has 0 atom stereocenters. The number of primary amides is 1. The second-order valence-corrected chi connectivity index (χ2v) is 6.88. The van der Waals surface area contributed by atoms with Crippen LogP contribution in [0, 0.1) is 0 Å². The van der Waals surface area contributed by atoms with Crippen molar-refractivity contribution in [1.29, 1.82) is 0 Å². The zero-order valence-electron chi connectivity index (χ0n) is 14.9. The molecule has 2 aromatic carbocycles. The van der Waals surface area contributed by atoms with Crippen molar-refractivity contribution in [3.05, 3.63) is 48.0 Å². The summed E-state index contributed by atoms with van der Waals surface area (Å²) in [6, 6.07) is 11.1. The number of carbonyl (C=O) groups is 1. The largest absolute Gasteiger partial charge is 0.573 e. The second-order valence-electron chi connectivity index (χ2n) is 6.88. The maximum absolute atomic E-state index is 12.4. The van der Waals surface area contributed by atoms with Crippen LogP contribution < -0.4 is 10.5 Å². The van der Waals surface area contributed by atoms with Crippen LogP contribution in [0.3, 0.4) is 0 Å². The van der Waals surface area contributed by atoms with Crippen molar-refractivity contribution in [2.24, 2.45) is 5.73 Å². The van der Waals surface area contributed by atoms with E-state index in [0.29, 0.717) is 22.5 Å². The highest BCUT2D eigenvalue weighted by Crippen LogP contribution is 2.37. The van der Waals surface area contributed by atoms with E-state index in [1.54, 1.807) is 24.3 Å². The van der Waals surface area contributed by atoms with E-state index in [2.05, 4.69) is 14.3 Å². The van der Waals surface area contributed by atoms with E-state index in [9.17, 15) is 18.0 Å². The van der Waals surface area contributed by atoms with Crippen molar-refractivity contribution >= 4 is 16.9 Å². The summed E-state index contributed by atoms with van der Waals surface area (Å²) in [5, 5.41) is 0. The molecule has 28 heavy (non-hydrogen) atoms. The summed E-state index contributed by atoms with van der Waals surface area (Å²) in [5.41, 5.74) is 7.92. The third-order valence-electron chi connectivity index (χ3n) is 5.01. The third-order valence-corrected chi connectivity index (χ3v) is 5.01. The molecule has 1 aliphatic rings. The van der Waals surface area contributed by atoms with Gasteiger partial charge in [0.05, 0.1) is 11.0 Å². The number of halogens is 3. The van der Waals surface area contributed by atoms with Gasteiger partial charge in [-0.1, -0.05) is 12.8 Å². The van der Waals surface area contributed by atoms with Gasteiger partial charge < -0.3 is 15.0 Å². The monoisotopic (exact) mass is 389 g/mol. The molecule has 2 N–H and O–H groups in total. The highest BCUT2D eigenvalue weighted by atomic mass is 19.4. The number of amides is 1. The van der Waals surface area contributed by atoms with Crippen molar-refractivity contribution in [2.45, 2.75) is 38.1 Å². The number of rotatable bonds is 4. The second kappa shape index (κ2) is 6.85. The molecule has 1 aromatic heterocycles. The third kappa shape index (κ3) is 3.54. The van der Waals surface area contributed by atoms with Crippen molar-refractivity contribution in [3.63, 3.8) is 0 Å². The first-order valence-electron chi connectivity index (χ1n) is 9.00. The molecule has 5 nitrogen and oxygen atoms in total. The highest BCUT2D eigenvalue weighted by molar-refractivity contribution is 5.96. The van der Waals surface area contributed by atoms with Gasteiger partial charge in [-0.15, -0.1) is 13.2 Å². The smallest absolute Gasteiger partial charge is 0.406 e. The number of imidazole rings is 1. The van der Waals surface area contributed by atoms with Gasteiger partial charge in [0.2, 0.25) is 5.91 Å². The van der Waals surface area contributed by atoms with Crippen LogP contribution in [-0.4, -0.2) is 21.8 Å². The number of nitrogens with zero attached hydrogens (tertiary/aromatic N) is 2. The molecule has 1 amide bonds. The fraction of sp³-hybridized carbons (Fsp3) is 0.300. The van der Waals surface area contributed by atoms with E-state index in [1.807, 2.05) is 6.07 Å². The molecular weight excluding hydrogens is 371 g/mol. The summed E-state index contributed by atoms with van der Waals surface area (Å²) in [6.45, 7) is 0. The Kier molecular flexibility index (Phi) is 4.49. The van der Waals surface area contributed by atoms with Crippen molar-refractivity contribution in [3.8, 4) is 17.1 Å². The molecule has 1 heterocycles. The molecule has 8 heteroatoms. The van der Waals surface area contributed by atoms with Crippen LogP contribution in [0.15, 0.2) is 42.5 Å². The van der Waals surface area contributed by atoms with Gasteiger partial charge in [0.25, 0.3) is 0 Å². The SMILES string of the molecule is NC(=O)c1ccc2c(c1)nc(-c1ccc(OC(F)(F)F)cc1)n2C1CCCC1. The average molecular weight is 389 g/mol. The molecule has 1 saturated carbocycles. The minimum atomic E-state index is -4.73. The minimum Gasteiger partial charge on any atom is -0.406 e. The predicted molar refractivity (Wildman–Crippen MR) is 97.9 cm³/mol. The van der Waals surface area contributed by atoms with Crippen LogP contribution >= 0.6 is 0 Å². The number of carbonyl (C=O) groups excluding carboxylic acids is 1. The van der Waals surface area contributed by atoms with E-state index in [1.165, 1.54) is 12.1 Å². The fourth-order valence-corrected chi connectivity index (χ4v) is 3.79. The lowest BCUT2D eigenvalue weighted by Crippen LogP contribution is -2.17. The van der Waals surface area contributed by atoms with Gasteiger partial charge in [0.15, 0.2) is 0 Å². The Bertz CT molecular complexity index is 1020. The standard InChI is InChI=1S/C20H18F3N3O2/c21-20(22,23)28-15-8-5-12(6-9-15)19-25-16-11-13(18(24)27)7-10-17(16)26(19)14-3-1-2-4-14/h5-11,14H,1-4H2,(H2,24,27). The fourth-order valence-electron chi connectivity index (χ4n) is 3.79. The normalized spacial score (nSPS) is 15.2. The van der Waals surface area contributed by atoms with Crippen molar-refractivity contribution < 1.29 is 22.7 Å². The number of ether oxygens (including phenoxy) is 1. The van der Waals surface area contributed by atoms with Crippen LogP contribution in [0.2, 0.25) is 0 Å². The van der Waals surface area contributed by atoms with E-state index < -0.39 is 12.3 Å². The van der Waals surface area contributed by atoms with Gasteiger partial charge in [-0.2, -0.15) is 0 Å². The molecular formula is C20H18F3N3O2. The first-order chi connectivity index (χ1) is 13.3. The Morgan fingerprint density at radius 2 is 1.79 bits per heavy atom. The number of nitrogens with two attached hydrogens (primary N) is 1. The van der Waals surface area contributed by atoms with Crippen LogP contribution in [0.4, 0.5) is 13.2 Å². The number of alkyl halides is 3. The zero-order chi connectivity index (χ0) is 19.9. The number of hydrogen-bond acceptors (Lipinski definition) is 3. The summed E-state index contributed by atoms with van der Waals surface area (Å²) in [6.07, 6.45) is -0.497. The molecule has 3 aromatic rings. The number of hydrogen-bond donors (Lipinski definition) is 1. The molecule has 0 saturated heterocycles. The van der Waals surface area contributed by atoms with Gasteiger partial charge in [-0.3, -0.25) is 4.79 Å². The molecule has 146 valence electrons. The minimum absolute atomic E-state index is 0.255. The Balaban J connectivity index is 1.80. The van der Waals surface area contributed by atoms with Gasteiger partial charge in [-0.05, 0) is 55.3 Å². The molecule has 0 spiro atoms. The Morgan fingerprint density at radius 1 is 1.11 bits per heavy atom. The maximum Gasteiger partial charge on any atom is 0.573 e. The molecule has 1 fully saturated rings. The first-order valence-corrected chi connectivity index (χ1v) is 9.00. The van der Waals surface area contributed by atoms with Crippen molar-refractivity contribution in [2.75, 3.05) is 0 Å². The molecule has 0 unspecified atom stereocenters. The Hall–Kier alpha value is -3.03. The summed E-state index contributed by atoms with van der Waals surface area (Å²) >= 11 is 0. The van der Waals surface area contributed by atoms with Crippen molar-refractivity contribution in [1.82, 2.24) is 9.55 Å². The van der Waals surface area contributed by atoms with Crippen LogP contribution in [0.25, 0.3) is 22.4 Å². The molecule has 4 rings (SSSR count). The van der Waals surface area contributed by atoms with Crippen LogP contribution in [-0.2, 0) is 0 Å². The summed E-state index contributed by atoms with van der Waals surface area (Å²) in [7, 11) is 0. The quantitative estimate of drug-likeness (QED) is 0.696. The highest BCUT2D eigenvalue weighted by Gasteiger charge is 2.31. The summed E-state index contributed by atoms with van der Waals surface area (Å²) in [4.78, 5) is 16.2. The lowest BCUT2D eigenvalue weighted by Gasteiger charge is -2.17. The van der Waals surface area contributed by atoms with Gasteiger partial charge in [0.1, 0.15) is 11.6 Å². The summed E-state index contributed by atoms with van der Waals surface area (Å²) < 4.78 is 43.3. The molecule has 0 aliphatic heterocycles. The summed E-state index contributed by atoms with van der Waals surface area (Å²) in [5.74, 6) is -0.162. The van der Waals surface area contributed by atoms with Gasteiger partial charge >= 0.3 is 6.36 Å². The average Bonchev–Trinajstić information content (AvgIpc) is 3.27. The van der Waals surface area contributed by atoms with E-state index in [-0.39, 0.29) is 11.8 Å².